The molecule has 1 aromatic heterocycles. The maximum atomic E-state index is 13.5. The number of anilines is 1. The lowest BCUT2D eigenvalue weighted by molar-refractivity contribution is -0.125. The van der Waals surface area contributed by atoms with E-state index in [1.54, 1.807) is 17.0 Å². The fraction of sp³-hybridized carbons (Fsp3) is 0.320. The van der Waals surface area contributed by atoms with Gasteiger partial charge in [0.1, 0.15) is 5.71 Å². The summed E-state index contributed by atoms with van der Waals surface area (Å²) in [5.41, 5.74) is 3.65. The van der Waals surface area contributed by atoms with Crippen molar-refractivity contribution in [3.05, 3.63) is 64.5 Å². The third-order valence-corrected chi connectivity index (χ3v) is 6.33. The molecule has 5 rings (SSSR count). The smallest absolute Gasteiger partial charge is 0.270 e. The van der Waals surface area contributed by atoms with E-state index in [-0.39, 0.29) is 30.8 Å². The Morgan fingerprint density at radius 2 is 1.94 bits per heavy atom. The van der Waals surface area contributed by atoms with Gasteiger partial charge in [0.25, 0.3) is 5.91 Å². The minimum absolute atomic E-state index is 0.0950. The van der Waals surface area contributed by atoms with Gasteiger partial charge in [0.2, 0.25) is 17.7 Å². The number of carbonyl (C=O) groups excluding carboxylic acids is 2. The Kier molecular flexibility index (Phi) is 5.91. The van der Waals surface area contributed by atoms with Gasteiger partial charge >= 0.3 is 0 Å². The number of benzene rings is 2. The van der Waals surface area contributed by atoms with Gasteiger partial charge in [0.15, 0.2) is 0 Å². The maximum absolute atomic E-state index is 13.5. The molecule has 0 N–H and O–H groups in total. The predicted molar refractivity (Wildman–Crippen MR) is 128 cm³/mol. The molecule has 0 radical (unpaired) electrons. The number of hydrazone groups is 1. The summed E-state index contributed by atoms with van der Waals surface area (Å²) in [5, 5.41) is 14.6. The Morgan fingerprint density at radius 1 is 1.15 bits per heavy atom. The molecule has 0 atom stereocenters. The molecule has 0 spiro atoms. The molecule has 9 heteroatoms. The molecular weight excluding hydrogens is 454 g/mol. The Bertz CT molecular complexity index is 1300. The molecule has 2 aromatic carbocycles. The lowest BCUT2D eigenvalue weighted by atomic mass is 10.1. The van der Waals surface area contributed by atoms with Crippen LogP contribution in [0.4, 0.5) is 5.69 Å². The average molecular weight is 478 g/mol. The van der Waals surface area contributed by atoms with E-state index in [4.69, 9.17) is 16.0 Å². The number of amides is 2. The van der Waals surface area contributed by atoms with Crippen LogP contribution in [0.5, 0.6) is 0 Å². The third kappa shape index (κ3) is 4.46. The van der Waals surface area contributed by atoms with Crippen molar-refractivity contribution in [2.45, 2.75) is 52.1 Å². The van der Waals surface area contributed by atoms with Gasteiger partial charge in [-0.1, -0.05) is 35.9 Å². The third-order valence-electron chi connectivity index (χ3n) is 6.00. The zero-order valence-corrected chi connectivity index (χ0v) is 19.7. The van der Waals surface area contributed by atoms with Crippen molar-refractivity contribution in [3.63, 3.8) is 0 Å². The SMILES string of the molecule is Cc1ccc(C)c(N2N=C(C(=O)N(Cc3nnc(-c4ccccc4Cl)o3)C3CC3)CCC2=O)c1. The summed E-state index contributed by atoms with van der Waals surface area (Å²) in [6.45, 7) is 4.07. The lowest BCUT2D eigenvalue weighted by Gasteiger charge is -2.27. The number of halogens is 1. The highest BCUT2D eigenvalue weighted by Crippen LogP contribution is 2.32. The molecule has 0 saturated heterocycles. The van der Waals surface area contributed by atoms with E-state index in [9.17, 15) is 9.59 Å². The molecule has 1 fully saturated rings. The lowest BCUT2D eigenvalue weighted by Crippen LogP contribution is -2.42. The Hall–Kier alpha value is -3.52. The van der Waals surface area contributed by atoms with E-state index in [1.165, 1.54) is 5.01 Å². The minimum atomic E-state index is -0.206. The van der Waals surface area contributed by atoms with Gasteiger partial charge in [0.05, 0.1) is 22.8 Å². The standard InChI is InChI=1S/C25H24ClN5O3/c1-15-7-8-16(2)21(13-15)31-23(32)12-11-20(29-31)25(33)30(17-9-10-17)14-22-27-28-24(34-22)18-5-3-4-6-19(18)26/h3-8,13,17H,9-12,14H2,1-2H3. The summed E-state index contributed by atoms with van der Waals surface area (Å²) in [5.74, 6) is 0.312. The zero-order valence-electron chi connectivity index (χ0n) is 19.0. The van der Waals surface area contributed by atoms with E-state index < -0.39 is 0 Å². The van der Waals surface area contributed by atoms with E-state index in [2.05, 4.69) is 15.3 Å². The van der Waals surface area contributed by atoms with Crippen LogP contribution in [0.15, 0.2) is 52.0 Å². The summed E-state index contributed by atoms with van der Waals surface area (Å²) in [6, 6.07) is 13.2. The van der Waals surface area contributed by atoms with Gasteiger partial charge < -0.3 is 9.32 Å². The normalized spacial score (nSPS) is 15.9. The second-order valence-electron chi connectivity index (χ2n) is 8.69. The van der Waals surface area contributed by atoms with Gasteiger partial charge in [-0.15, -0.1) is 10.2 Å². The van der Waals surface area contributed by atoms with Crippen LogP contribution < -0.4 is 5.01 Å². The number of rotatable bonds is 6. The highest BCUT2D eigenvalue weighted by atomic mass is 35.5. The number of aromatic nitrogens is 2. The first-order valence-corrected chi connectivity index (χ1v) is 11.6. The van der Waals surface area contributed by atoms with E-state index >= 15 is 0 Å². The number of aryl methyl sites for hydroxylation is 2. The summed E-state index contributed by atoms with van der Waals surface area (Å²) in [6.07, 6.45) is 2.35. The first-order chi connectivity index (χ1) is 16.4. The van der Waals surface area contributed by atoms with Crippen molar-refractivity contribution in [1.29, 1.82) is 0 Å². The highest BCUT2D eigenvalue weighted by Gasteiger charge is 2.37. The Balaban J connectivity index is 1.39. The van der Waals surface area contributed by atoms with Gasteiger partial charge in [-0.3, -0.25) is 9.59 Å². The summed E-state index contributed by atoms with van der Waals surface area (Å²) in [7, 11) is 0. The molecule has 8 nitrogen and oxygen atoms in total. The second-order valence-corrected chi connectivity index (χ2v) is 9.09. The van der Waals surface area contributed by atoms with E-state index in [0.29, 0.717) is 40.2 Å². The van der Waals surface area contributed by atoms with E-state index in [0.717, 1.165) is 24.0 Å². The summed E-state index contributed by atoms with van der Waals surface area (Å²) >= 11 is 6.24. The van der Waals surface area contributed by atoms with Crippen LogP contribution in [-0.4, -0.2) is 38.7 Å². The first kappa shape index (κ1) is 22.3. The number of carbonyl (C=O) groups is 2. The minimum Gasteiger partial charge on any atom is -0.419 e. The maximum Gasteiger partial charge on any atom is 0.270 e. The summed E-state index contributed by atoms with van der Waals surface area (Å²) < 4.78 is 5.83. The Labute approximate surface area is 202 Å². The van der Waals surface area contributed by atoms with Crippen LogP contribution >= 0.6 is 11.6 Å². The fourth-order valence-electron chi connectivity index (χ4n) is 3.97. The van der Waals surface area contributed by atoms with Crippen molar-refractivity contribution in [1.82, 2.24) is 15.1 Å². The van der Waals surface area contributed by atoms with Crippen molar-refractivity contribution < 1.29 is 14.0 Å². The van der Waals surface area contributed by atoms with Crippen LogP contribution in [0, 0.1) is 13.8 Å². The van der Waals surface area contributed by atoms with Crippen LogP contribution in [0.3, 0.4) is 0 Å². The number of hydrogen-bond acceptors (Lipinski definition) is 6. The molecule has 2 aliphatic rings. The molecule has 174 valence electrons. The molecule has 0 bridgehead atoms. The van der Waals surface area contributed by atoms with Crippen molar-refractivity contribution in [2.75, 3.05) is 5.01 Å². The van der Waals surface area contributed by atoms with Crippen LogP contribution in [0.1, 0.15) is 42.7 Å². The quantitative estimate of drug-likeness (QED) is 0.514. The largest absolute Gasteiger partial charge is 0.419 e. The van der Waals surface area contributed by atoms with Crippen LogP contribution in [-0.2, 0) is 16.1 Å². The van der Waals surface area contributed by atoms with Gasteiger partial charge in [-0.2, -0.15) is 5.10 Å². The zero-order chi connectivity index (χ0) is 23.8. The van der Waals surface area contributed by atoms with Gasteiger partial charge in [-0.25, -0.2) is 5.01 Å². The van der Waals surface area contributed by atoms with Gasteiger partial charge in [-0.05, 0) is 56.0 Å². The topological polar surface area (TPSA) is 91.9 Å². The Morgan fingerprint density at radius 3 is 2.71 bits per heavy atom. The average Bonchev–Trinajstić information content (AvgIpc) is 3.57. The number of hydrogen-bond donors (Lipinski definition) is 0. The molecule has 0 unspecified atom stereocenters. The molecule has 1 saturated carbocycles. The molecule has 1 aliphatic carbocycles. The molecular formula is C25H24ClN5O3. The van der Waals surface area contributed by atoms with Gasteiger partial charge in [0, 0.05) is 18.9 Å². The van der Waals surface area contributed by atoms with Crippen LogP contribution in [0.25, 0.3) is 11.5 Å². The fourth-order valence-corrected chi connectivity index (χ4v) is 4.19. The second kappa shape index (κ2) is 9.02. The van der Waals surface area contributed by atoms with Crippen LogP contribution in [0.2, 0.25) is 5.02 Å². The molecule has 2 amide bonds. The molecule has 34 heavy (non-hydrogen) atoms. The van der Waals surface area contributed by atoms with E-state index in [1.807, 2.05) is 44.2 Å². The molecule has 2 heterocycles. The van der Waals surface area contributed by atoms with Crippen molar-refractivity contribution in [2.24, 2.45) is 5.10 Å². The van der Waals surface area contributed by atoms with Crippen molar-refractivity contribution in [3.8, 4) is 11.5 Å². The summed E-state index contributed by atoms with van der Waals surface area (Å²) in [4.78, 5) is 27.9. The molecule has 1 aliphatic heterocycles. The molecule has 3 aromatic rings. The monoisotopic (exact) mass is 477 g/mol. The highest BCUT2D eigenvalue weighted by molar-refractivity contribution is 6.40. The number of nitrogens with zero attached hydrogens (tertiary/aromatic N) is 5. The first-order valence-electron chi connectivity index (χ1n) is 11.3. The predicted octanol–water partition coefficient (Wildman–Crippen LogP) is 4.68. The van der Waals surface area contributed by atoms with Crippen molar-refractivity contribution >= 4 is 34.8 Å².